The quantitative estimate of drug-likeness (QED) is 0.693. The topological polar surface area (TPSA) is 90.1 Å². The van der Waals surface area contributed by atoms with Gasteiger partial charge in [-0.25, -0.2) is 0 Å². The molecule has 0 fully saturated rings. The third-order valence-corrected chi connectivity index (χ3v) is 4.26. The Kier molecular flexibility index (Phi) is 4.10. The minimum atomic E-state index is -0.599. The summed E-state index contributed by atoms with van der Waals surface area (Å²) in [5.41, 5.74) is 2.31. The number of fused-ring (bicyclic) bond motifs is 1. The fraction of sp³-hybridized carbons (Fsp3) is 0.375. The first-order valence-electron chi connectivity index (χ1n) is 7.63. The van der Waals surface area contributed by atoms with Gasteiger partial charge >= 0.3 is 5.69 Å². The minimum Gasteiger partial charge on any atom is -0.347 e. The van der Waals surface area contributed by atoms with Crippen LogP contribution in [0.1, 0.15) is 43.0 Å². The molecular formula is C16H18N4O3. The predicted octanol–water partition coefficient (Wildman–Crippen LogP) is 2.55. The lowest BCUT2D eigenvalue weighted by Gasteiger charge is -2.27. The Morgan fingerprint density at radius 1 is 1.48 bits per heavy atom. The van der Waals surface area contributed by atoms with Gasteiger partial charge in [0.05, 0.1) is 11.0 Å². The summed E-state index contributed by atoms with van der Waals surface area (Å²) in [5, 5.41) is 17.7. The summed E-state index contributed by atoms with van der Waals surface area (Å²) in [4.78, 5) is 22.6. The lowest BCUT2D eigenvalue weighted by atomic mass is 9.87. The van der Waals surface area contributed by atoms with Gasteiger partial charge in [0.25, 0.3) is 0 Å². The lowest BCUT2D eigenvalue weighted by molar-refractivity contribution is -0.385. The highest BCUT2D eigenvalue weighted by molar-refractivity contribution is 5.80. The average Bonchev–Trinajstić information content (AvgIpc) is 3.04. The van der Waals surface area contributed by atoms with E-state index in [9.17, 15) is 14.9 Å². The van der Waals surface area contributed by atoms with E-state index in [4.69, 9.17) is 0 Å². The zero-order valence-corrected chi connectivity index (χ0v) is 12.8. The molecule has 0 saturated carbocycles. The fourth-order valence-electron chi connectivity index (χ4n) is 2.95. The smallest absolute Gasteiger partial charge is 0.307 e. The number of hydrogen-bond donors (Lipinski definition) is 1. The van der Waals surface area contributed by atoms with Gasteiger partial charge in [-0.05, 0) is 37.3 Å². The molecule has 0 spiro atoms. The highest BCUT2D eigenvalue weighted by atomic mass is 16.6. The lowest BCUT2D eigenvalue weighted by Crippen LogP contribution is -2.35. The summed E-state index contributed by atoms with van der Waals surface area (Å²) < 4.78 is 1.32. The first-order valence-corrected chi connectivity index (χ1v) is 7.63. The van der Waals surface area contributed by atoms with Crippen molar-refractivity contribution in [3.05, 3.63) is 57.9 Å². The Morgan fingerprint density at radius 2 is 2.26 bits per heavy atom. The van der Waals surface area contributed by atoms with Gasteiger partial charge in [-0.15, -0.1) is 0 Å². The van der Waals surface area contributed by atoms with Crippen molar-refractivity contribution in [3.63, 3.8) is 0 Å². The third-order valence-electron chi connectivity index (χ3n) is 4.26. The zero-order chi connectivity index (χ0) is 16.4. The molecule has 3 rings (SSSR count). The molecule has 1 aliphatic rings. The summed E-state index contributed by atoms with van der Waals surface area (Å²) in [6.45, 7) is 1.68. The minimum absolute atomic E-state index is 0.0135. The molecule has 1 amide bonds. The molecule has 120 valence electrons. The van der Waals surface area contributed by atoms with Crippen LogP contribution in [0.3, 0.4) is 0 Å². The number of carbonyl (C=O) groups is 1. The van der Waals surface area contributed by atoms with Crippen molar-refractivity contribution in [1.82, 2.24) is 15.1 Å². The molecule has 7 nitrogen and oxygen atoms in total. The van der Waals surface area contributed by atoms with Crippen LogP contribution in [0.25, 0.3) is 0 Å². The van der Waals surface area contributed by atoms with Crippen LogP contribution in [-0.2, 0) is 11.2 Å². The Morgan fingerprint density at radius 3 is 3.00 bits per heavy atom. The molecule has 0 saturated heterocycles. The average molecular weight is 314 g/mol. The molecule has 0 aliphatic heterocycles. The van der Waals surface area contributed by atoms with Crippen LogP contribution in [0.2, 0.25) is 0 Å². The fourth-order valence-corrected chi connectivity index (χ4v) is 2.95. The molecule has 1 aromatic carbocycles. The predicted molar refractivity (Wildman–Crippen MR) is 83.9 cm³/mol. The molecule has 0 radical (unpaired) electrons. The number of nitrogens with one attached hydrogen (secondary N) is 1. The summed E-state index contributed by atoms with van der Waals surface area (Å²) >= 11 is 0. The van der Waals surface area contributed by atoms with Crippen molar-refractivity contribution in [2.75, 3.05) is 0 Å². The van der Waals surface area contributed by atoms with Gasteiger partial charge in [0.2, 0.25) is 5.91 Å². The molecule has 1 aliphatic carbocycles. The molecular weight excluding hydrogens is 296 g/mol. The molecule has 2 aromatic rings. The Hall–Kier alpha value is -2.70. The number of nitro groups is 1. The number of nitrogens with zero attached hydrogens (tertiary/aromatic N) is 3. The van der Waals surface area contributed by atoms with Gasteiger partial charge < -0.3 is 5.32 Å². The van der Waals surface area contributed by atoms with E-state index in [1.165, 1.54) is 16.4 Å². The molecule has 23 heavy (non-hydrogen) atoms. The van der Waals surface area contributed by atoms with E-state index in [2.05, 4.69) is 16.5 Å². The van der Waals surface area contributed by atoms with Crippen LogP contribution < -0.4 is 5.32 Å². The first-order chi connectivity index (χ1) is 11.1. The molecule has 0 unspecified atom stereocenters. The maximum Gasteiger partial charge on any atom is 0.307 e. The van der Waals surface area contributed by atoms with Crippen molar-refractivity contribution in [2.45, 2.75) is 38.3 Å². The summed E-state index contributed by atoms with van der Waals surface area (Å²) in [5.74, 6) is -0.190. The van der Waals surface area contributed by atoms with Crippen molar-refractivity contribution in [3.8, 4) is 0 Å². The number of benzene rings is 1. The van der Waals surface area contributed by atoms with Crippen LogP contribution in [0.4, 0.5) is 5.69 Å². The van der Waals surface area contributed by atoms with Crippen LogP contribution in [0.15, 0.2) is 36.7 Å². The van der Waals surface area contributed by atoms with Gasteiger partial charge in [-0.3, -0.25) is 19.6 Å². The van der Waals surface area contributed by atoms with E-state index in [0.29, 0.717) is 0 Å². The van der Waals surface area contributed by atoms with Gasteiger partial charge in [0.1, 0.15) is 18.4 Å². The SMILES string of the molecule is C[C@H](C(=O)N[C@@H]1CCCc2ccccc21)n1cc([N+](=O)[O-])cn1. The van der Waals surface area contributed by atoms with E-state index < -0.39 is 11.0 Å². The summed E-state index contributed by atoms with van der Waals surface area (Å²) in [6.07, 6.45) is 5.39. The molecule has 2 atom stereocenters. The Balaban J connectivity index is 1.73. The maximum atomic E-state index is 12.5. The normalized spacial score (nSPS) is 18.0. The molecule has 1 aromatic heterocycles. The highest BCUT2D eigenvalue weighted by Crippen LogP contribution is 2.29. The number of carbonyl (C=O) groups excluding carboxylic acids is 1. The first kappa shape index (κ1) is 15.2. The second-order valence-electron chi connectivity index (χ2n) is 5.76. The van der Waals surface area contributed by atoms with E-state index in [1.54, 1.807) is 6.92 Å². The number of aromatic nitrogens is 2. The second-order valence-corrected chi connectivity index (χ2v) is 5.76. The molecule has 0 bridgehead atoms. The van der Waals surface area contributed by atoms with Crippen molar-refractivity contribution >= 4 is 11.6 Å². The van der Waals surface area contributed by atoms with Crippen LogP contribution in [0.5, 0.6) is 0 Å². The monoisotopic (exact) mass is 314 g/mol. The second kappa shape index (κ2) is 6.20. The van der Waals surface area contributed by atoms with E-state index in [1.807, 2.05) is 18.2 Å². The van der Waals surface area contributed by atoms with Crippen molar-refractivity contribution in [2.24, 2.45) is 0 Å². The van der Waals surface area contributed by atoms with Gasteiger partial charge in [-0.2, -0.15) is 5.10 Å². The van der Waals surface area contributed by atoms with Crippen molar-refractivity contribution < 1.29 is 9.72 Å². The van der Waals surface area contributed by atoms with Gasteiger partial charge in [-0.1, -0.05) is 24.3 Å². The summed E-state index contributed by atoms with van der Waals surface area (Å²) in [7, 11) is 0. The number of amides is 1. The molecule has 1 heterocycles. The maximum absolute atomic E-state index is 12.5. The number of rotatable bonds is 4. The molecule has 1 N–H and O–H groups in total. The van der Waals surface area contributed by atoms with Crippen LogP contribution >= 0.6 is 0 Å². The van der Waals surface area contributed by atoms with E-state index in [-0.39, 0.29) is 17.6 Å². The van der Waals surface area contributed by atoms with E-state index >= 15 is 0 Å². The largest absolute Gasteiger partial charge is 0.347 e. The van der Waals surface area contributed by atoms with Gasteiger partial charge in [0.15, 0.2) is 0 Å². The van der Waals surface area contributed by atoms with Crippen molar-refractivity contribution in [1.29, 1.82) is 0 Å². The number of aryl methyl sites for hydroxylation is 1. The van der Waals surface area contributed by atoms with E-state index in [0.717, 1.165) is 31.0 Å². The number of hydrogen-bond acceptors (Lipinski definition) is 4. The molecule has 7 heteroatoms. The zero-order valence-electron chi connectivity index (χ0n) is 12.8. The summed E-state index contributed by atoms with van der Waals surface area (Å²) in [6, 6.07) is 7.51. The Bertz CT molecular complexity index is 740. The highest BCUT2D eigenvalue weighted by Gasteiger charge is 2.25. The standard InChI is InChI=1S/C16H18N4O3/c1-11(19-10-13(9-17-19)20(22)23)16(21)18-15-8-4-6-12-5-2-3-7-14(12)15/h2-3,5,7,9-11,15H,4,6,8H2,1H3,(H,18,21)/t11-,15-/m1/s1. The van der Waals surface area contributed by atoms with Crippen LogP contribution in [0, 0.1) is 10.1 Å². The van der Waals surface area contributed by atoms with Crippen LogP contribution in [-0.4, -0.2) is 20.6 Å². The Labute approximate surface area is 133 Å². The third kappa shape index (κ3) is 3.08. The van der Waals surface area contributed by atoms with Gasteiger partial charge in [0, 0.05) is 0 Å².